The van der Waals surface area contributed by atoms with Crippen LogP contribution >= 0.6 is 0 Å². The van der Waals surface area contributed by atoms with Gasteiger partial charge in [-0.25, -0.2) is 0 Å². The molecule has 8 nitrogen and oxygen atoms in total. The summed E-state index contributed by atoms with van der Waals surface area (Å²) < 4.78 is 22.5. The van der Waals surface area contributed by atoms with E-state index < -0.39 is 12.1 Å². The molecular weight excluding hydrogens is 520 g/mol. The average molecular weight is 553 g/mol. The Labute approximate surface area is 239 Å². The van der Waals surface area contributed by atoms with Gasteiger partial charge >= 0.3 is 0 Å². The number of nitrogens with one attached hydrogen (secondary N) is 1. The van der Waals surface area contributed by atoms with E-state index in [0.717, 1.165) is 16.9 Å². The van der Waals surface area contributed by atoms with Crippen LogP contribution in [0.15, 0.2) is 103 Å². The number of para-hydroxylation sites is 2. The Morgan fingerprint density at radius 2 is 1.41 bits per heavy atom. The maximum absolute atomic E-state index is 14.2. The van der Waals surface area contributed by atoms with Crippen LogP contribution in [0.5, 0.6) is 23.0 Å². The minimum atomic E-state index is -0.951. The number of carbonyl (C=O) groups is 2. The quantitative estimate of drug-likeness (QED) is 0.300. The summed E-state index contributed by atoms with van der Waals surface area (Å²) in [7, 11) is 3.19. The van der Waals surface area contributed by atoms with Crippen molar-refractivity contribution in [3.05, 3.63) is 120 Å². The summed E-state index contributed by atoms with van der Waals surface area (Å²) in [6.07, 6.45) is -0.927. The van der Waals surface area contributed by atoms with Crippen molar-refractivity contribution in [3.63, 3.8) is 0 Å². The van der Waals surface area contributed by atoms with Crippen LogP contribution in [0.25, 0.3) is 0 Å². The van der Waals surface area contributed by atoms with E-state index in [1.807, 2.05) is 66.7 Å². The van der Waals surface area contributed by atoms with Crippen LogP contribution in [0.3, 0.4) is 0 Å². The minimum absolute atomic E-state index is 0.0317. The molecule has 0 aliphatic carbocycles. The van der Waals surface area contributed by atoms with E-state index in [1.165, 1.54) is 0 Å². The predicted molar refractivity (Wildman–Crippen MR) is 154 cm³/mol. The van der Waals surface area contributed by atoms with E-state index in [9.17, 15) is 9.59 Å². The van der Waals surface area contributed by atoms with Crippen molar-refractivity contribution in [2.75, 3.05) is 20.8 Å². The normalized spacial score (nSPS) is 14.4. The van der Waals surface area contributed by atoms with Gasteiger partial charge in [0.05, 0.1) is 14.2 Å². The standard InChI is InChI=1S/C33H32N2O6/c1-38-26-16-12-23(13-17-26)20-34-32(36)31(25-14-18-27(39-2)19-15-25)35(21-24-8-4-3-5-9-24)33(37)30-22-40-28-10-6-7-11-29(28)41-30/h3-19,30-31H,20-22H2,1-2H3,(H,34,36). The van der Waals surface area contributed by atoms with Gasteiger partial charge in [-0.3, -0.25) is 9.59 Å². The van der Waals surface area contributed by atoms with Crippen LogP contribution in [0, 0.1) is 0 Å². The first-order valence-electron chi connectivity index (χ1n) is 13.3. The zero-order chi connectivity index (χ0) is 28.6. The Bertz CT molecular complexity index is 1460. The second kappa shape index (κ2) is 12.9. The monoisotopic (exact) mass is 552 g/mol. The van der Waals surface area contributed by atoms with E-state index in [4.69, 9.17) is 18.9 Å². The van der Waals surface area contributed by atoms with Gasteiger partial charge in [-0.2, -0.15) is 0 Å². The van der Waals surface area contributed by atoms with Gasteiger partial charge in [-0.05, 0) is 53.1 Å². The molecule has 0 aromatic heterocycles. The molecule has 5 rings (SSSR count). The number of methoxy groups -OCH3 is 2. The third-order valence-electron chi connectivity index (χ3n) is 6.88. The van der Waals surface area contributed by atoms with E-state index in [2.05, 4.69) is 5.32 Å². The Balaban J connectivity index is 1.48. The fourth-order valence-corrected chi connectivity index (χ4v) is 4.69. The summed E-state index contributed by atoms with van der Waals surface area (Å²) in [5.41, 5.74) is 2.41. The Morgan fingerprint density at radius 1 is 0.805 bits per heavy atom. The molecule has 1 aliphatic heterocycles. The smallest absolute Gasteiger partial charge is 0.268 e. The van der Waals surface area contributed by atoms with Gasteiger partial charge in [0.15, 0.2) is 11.5 Å². The van der Waals surface area contributed by atoms with Crippen LogP contribution in [-0.4, -0.2) is 43.6 Å². The van der Waals surface area contributed by atoms with E-state index in [0.29, 0.717) is 22.8 Å². The zero-order valence-electron chi connectivity index (χ0n) is 23.0. The number of amides is 2. The summed E-state index contributed by atoms with van der Waals surface area (Å²) >= 11 is 0. The number of fused-ring (bicyclic) bond motifs is 1. The number of ether oxygens (including phenoxy) is 4. The van der Waals surface area contributed by atoms with Crippen LogP contribution in [-0.2, 0) is 22.7 Å². The van der Waals surface area contributed by atoms with E-state index in [-0.39, 0.29) is 31.5 Å². The number of hydrogen-bond acceptors (Lipinski definition) is 6. The maximum atomic E-state index is 14.2. The first-order valence-corrected chi connectivity index (χ1v) is 13.3. The highest BCUT2D eigenvalue weighted by Crippen LogP contribution is 2.33. The number of nitrogens with zero attached hydrogens (tertiary/aromatic N) is 1. The van der Waals surface area contributed by atoms with Gasteiger partial charge < -0.3 is 29.2 Å². The van der Waals surface area contributed by atoms with Crippen molar-refractivity contribution in [3.8, 4) is 23.0 Å². The Hall–Kier alpha value is -4.98. The fourth-order valence-electron chi connectivity index (χ4n) is 4.69. The third kappa shape index (κ3) is 6.61. The molecule has 0 spiro atoms. The molecule has 0 fully saturated rings. The lowest BCUT2D eigenvalue weighted by Gasteiger charge is -2.35. The topological polar surface area (TPSA) is 86.3 Å². The third-order valence-corrected chi connectivity index (χ3v) is 6.88. The molecule has 0 radical (unpaired) electrons. The summed E-state index contributed by atoms with van der Waals surface area (Å²) in [5, 5.41) is 3.03. The molecule has 8 heteroatoms. The molecule has 0 saturated heterocycles. The molecule has 2 amide bonds. The largest absolute Gasteiger partial charge is 0.497 e. The molecule has 2 unspecified atom stereocenters. The highest BCUT2D eigenvalue weighted by molar-refractivity contribution is 5.90. The van der Waals surface area contributed by atoms with Gasteiger partial charge in [-0.1, -0.05) is 66.7 Å². The van der Waals surface area contributed by atoms with Crippen molar-refractivity contribution in [1.82, 2.24) is 10.2 Å². The van der Waals surface area contributed by atoms with Crippen LogP contribution < -0.4 is 24.3 Å². The summed E-state index contributed by atoms with van der Waals surface area (Å²) in [5.74, 6) is 1.76. The maximum Gasteiger partial charge on any atom is 0.268 e. The first kappa shape index (κ1) is 27.6. The molecule has 4 aromatic carbocycles. The number of carbonyl (C=O) groups excluding carboxylic acids is 2. The minimum Gasteiger partial charge on any atom is -0.497 e. The SMILES string of the molecule is COc1ccc(CNC(=O)C(c2ccc(OC)cc2)N(Cc2ccccc2)C(=O)C2COc3ccccc3O2)cc1. The van der Waals surface area contributed by atoms with Crippen molar-refractivity contribution >= 4 is 11.8 Å². The lowest BCUT2D eigenvalue weighted by atomic mass is 10.0. The van der Waals surface area contributed by atoms with Gasteiger partial charge in [0, 0.05) is 13.1 Å². The van der Waals surface area contributed by atoms with Gasteiger partial charge in [0.25, 0.3) is 5.91 Å². The van der Waals surface area contributed by atoms with Gasteiger partial charge in [0.1, 0.15) is 24.1 Å². The van der Waals surface area contributed by atoms with E-state index in [1.54, 1.807) is 55.5 Å². The van der Waals surface area contributed by atoms with Crippen molar-refractivity contribution in [1.29, 1.82) is 0 Å². The molecule has 1 N–H and O–H groups in total. The van der Waals surface area contributed by atoms with Crippen LogP contribution in [0.2, 0.25) is 0 Å². The van der Waals surface area contributed by atoms with Crippen LogP contribution in [0.4, 0.5) is 0 Å². The van der Waals surface area contributed by atoms with Crippen LogP contribution in [0.1, 0.15) is 22.7 Å². The Morgan fingerprint density at radius 3 is 2.07 bits per heavy atom. The summed E-state index contributed by atoms with van der Waals surface area (Å²) in [4.78, 5) is 29.7. The van der Waals surface area contributed by atoms with Crippen molar-refractivity contribution in [2.24, 2.45) is 0 Å². The molecule has 0 saturated carbocycles. The van der Waals surface area contributed by atoms with Gasteiger partial charge in [0.2, 0.25) is 12.0 Å². The highest BCUT2D eigenvalue weighted by Gasteiger charge is 2.38. The van der Waals surface area contributed by atoms with Crippen molar-refractivity contribution in [2.45, 2.75) is 25.2 Å². The molecule has 4 aromatic rings. The molecule has 1 heterocycles. The van der Waals surface area contributed by atoms with E-state index >= 15 is 0 Å². The molecule has 2 atom stereocenters. The predicted octanol–water partition coefficient (Wildman–Crippen LogP) is 4.93. The van der Waals surface area contributed by atoms with Crippen molar-refractivity contribution < 1.29 is 28.5 Å². The average Bonchev–Trinajstić information content (AvgIpc) is 3.04. The molecule has 41 heavy (non-hydrogen) atoms. The molecule has 0 bridgehead atoms. The second-order valence-corrected chi connectivity index (χ2v) is 9.56. The first-order chi connectivity index (χ1) is 20.1. The second-order valence-electron chi connectivity index (χ2n) is 9.56. The summed E-state index contributed by atoms with van der Waals surface area (Å²) in [6, 6.07) is 30.5. The molecule has 1 aliphatic rings. The molecule has 210 valence electrons. The Kier molecular flexibility index (Phi) is 8.69. The number of rotatable bonds is 10. The van der Waals surface area contributed by atoms with Gasteiger partial charge in [-0.15, -0.1) is 0 Å². The lowest BCUT2D eigenvalue weighted by molar-refractivity contribution is -0.149. The number of hydrogen-bond donors (Lipinski definition) is 1. The highest BCUT2D eigenvalue weighted by atomic mass is 16.6. The zero-order valence-corrected chi connectivity index (χ0v) is 23.0. The summed E-state index contributed by atoms with van der Waals surface area (Å²) in [6.45, 7) is 0.497. The fraction of sp³-hybridized carbons (Fsp3) is 0.212. The lowest BCUT2D eigenvalue weighted by Crippen LogP contribution is -2.50. The number of benzene rings is 4. The molecular formula is C33H32N2O6.